The molecule has 1 saturated heterocycles. The molecule has 46 heavy (non-hydrogen) atoms. The lowest BCUT2D eigenvalue weighted by molar-refractivity contribution is -0.115. The third-order valence-corrected chi connectivity index (χ3v) is 10.4. The van der Waals surface area contributed by atoms with E-state index in [1.807, 2.05) is 6.07 Å². The molecule has 0 bridgehead atoms. The Morgan fingerprint density at radius 3 is 2.41 bits per heavy atom. The minimum absolute atomic E-state index is 0.0424. The van der Waals surface area contributed by atoms with E-state index in [0.717, 1.165) is 10.4 Å². The van der Waals surface area contributed by atoms with Crippen LogP contribution in [0.2, 0.25) is 0 Å². The number of aromatic nitrogens is 5. The predicted molar refractivity (Wildman–Crippen MR) is 171 cm³/mol. The van der Waals surface area contributed by atoms with Crippen molar-refractivity contribution < 1.29 is 26.7 Å². The summed E-state index contributed by atoms with van der Waals surface area (Å²) in [5, 5.41) is 20.8. The van der Waals surface area contributed by atoms with Crippen molar-refractivity contribution in [2.24, 2.45) is 0 Å². The first-order chi connectivity index (χ1) is 22.0. The summed E-state index contributed by atoms with van der Waals surface area (Å²) in [6, 6.07) is 14.6. The minimum Gasteiger partial charge on any atom is -0.370 e. The normalized spacial score (nSPS) is 17.4. The molecule has 4 heterocycles. The molecule has 0 saturated carbocycles. The van der Waals surface area contributed by atoms with Crippen LogP contribution in [-0.2, 0) is 24.8 Å². The number of nitrogens with one attached hydrogen (secondary N) is 2. The van der Waals surface area contributed by atoms with Crippen LogP contribution in [0, 0.1) is 0 Å². The summed E-state index contributed by atoms with van der Waals surface area (Å²) >= 11 is 0. The molecule has 0 radical (unpaired) electrons. The molecule has 1 unspecified atom stereocenters. The maximum atomic E-state index is 13.1. The van der Waals surface area contributed by atoms with Gasteiger partial charge in [-0.3, -0.25) is 4.79 Å². The summed E-state index contributed by atoms with van der Waals surface area (Å²) in [5.41, 5.74) is 1.63. The lowest BCUT2D eigenvalue weighted by atomic mass is 10.1. The maximum absolute atomic E-state index is 13.1. The van der Waals surface area contributed by atoms with E-state index in [2.05, 4.69) is 30.7 Å². The van der Waals surface area contributed by atoms with E-state index in [1.54, 1.807) is 36.5 Å². The van der Waals surface area contributed by atoms with Crippen LogP contribution in [0.3, 0.4) is 0 Å². The number of carbonyl (C=O) groups excluding carboxylic acids is 1. The number of benzene rings is 2. The number of anilines is 3. The molecule has 6 rings (SSSR count). The van der Waals surface area contributed by atoms with E-state index in [9.17, 15) is 26.7 Å². The van der Waals surface area contributed by atoms with Gasteiger partial charge in [-0.2, -0.15) is 13.4 Å². The van der Waals surface area contributed by atoms with E-state index in [-0.39, 0.29) is 23.3 Å². The highest BCUT2D eigenvalue weighted by Gasteiger charge is 2.28. The summed E-state index contributed by atoms with van der Waals surface area (Å²) in [4.78, 5) is 27.4. The topological polar surface area (TPSA) is 193 Å². The summed E-state index contributed by atoms with van der Waals surface area (Å²) in [6.07, 6.45) is 7.12. The molecular formula is C29H31N9O6S2. The number of carbonyl (C=O) groups is 1. The summed E-state index contributed by atoms with van der Waals surface area (Å²) < 4.78 is 52.1. The van der Waals surface area contributed by atoms with Gasteiger partial charge in [0.1, 0.15) is 24.9 Å². The number of hydrogen-bond donors (Lipinski definition) is 3. The van der Waals surface area contributed by atoms with Gasteiger partial charge in [0.25, 0.3) is 10.0 Å². The van der Waals surface area contributed by atoms with E-state index in [4.69, 9.17) is 0 Å². The zero-order valence-electron chi connectivity index (χ0n) is 24.6. The Balaban J connectivity index is 1.10. The second-order valence-electron chi connectivity index (χ2n) is 10.8. The first-order valence-corrected chi connectivity index (χ1v) is 17.6. The second kappa shape index (κ2) is 12.6. The molecule has 2 aliphatic heterocycles. The molecule has 1 fully saturated rings. The first-order valence-electron chi connectivity index (χ1n) is 14.3. The highest BCUT2D eigenvalue weighted by Crippen LogP contribution is 2.28. The molecule has 240 valence electrons. The van der Waals surface area contributed by atoms with Crippen molar-refractivity contribution in [3.63, 3.8) is 0 Å². The van der Waals surface area contributed by atoms with Gasteiger partial charge in [-0.1, -0.05) is 30.3 Å². The molecule has 1 amide bonds. The standard InChI is InChI=1S/C29H31N9O6S2/c1-45(41,42)36-15-13-23(14-16-36)33-29-30-17-21-7-12-26(40)37(28(21)34-29)18-25(39)32-22-8-10-24(11-9-22)46(43,44)38-19-31-27(35-38)20-5-3-2-4-6-20/h2-12,17,19,23,26,40H,13-16,18H2,1H3,(H,32,39)(H,30,33,34). The Morgan fingerprint density at radius 2 is 1.72 bits per heavy atom. The molecule has 17 heteroatoms. The van der Waals surface area contributed by atoms with Crippen LogP contribution in [0.4, 0.5) is 17.5 Å². The predicted octanol–water partition coefficient (Wildman–Crippen LogP) is 1.60. The molecule has 0 spiro atoms. The average Bonchev–Trinajstić information content (AvgIpc) is 3.55. The lowest BCUT2D eigenvalue weighted by Crippen LogP contribution is -2.43. The van der Waals surface area contributed by atoms with Crippen molar-refractivity contribution in [1.29, 1.82) is 0 Å². The Kier molecular flexibility index (Phi) is 8.56. The van der Waals surface area contributed by atoms with Gasteiger partial charge >= 0.3 is 0 Å². The Morgan fingerprint density at radius 1 is 1.00 bits per heavy atom. The van der Waals surface area contributed by atoms with Crippen LogP contribution >= 0.6 is 0 Å². The van der Waals surface area contributed by atoms with Crippen LogP contribution in [0.15, 0.2) is 78.1 Å². The number of amides is 1. The third-order valence-electron chi connectivity index (χ3n) is 7.59. The number of aliphatic hydroxyl groups is 1. The van der Waals surface area contributed by atoms with Gasteiger partial charge in [0, 0.05) is 42.1 Å². The zero-order chi connectivity index (χ0) is 32.5. The van der Waals surface area contributed by atoms with Crippen molar-refractivity contribution in [2.45, 2.75) is 30.0 Å². The highest BCUT2D eigenvalue weighted by atomic mass is 32.2. The molecule has 0 aliphatic carbocycles. The summed E-state index contributed by atoms with van der Waals surface area (Å²) in [6.45, 7) is 0.512. The number of piperidine rings is 1. The van der Waals surface area contributed by atoms with Crippen molar-refractivity contribution in [1.82, 2.24) is 28.4 Å². The Bertz CT molecular complexity index is 1980. The Hall–Kier alpha value is -4.71. The largest absolute Gasteiger partial charge is 0.370 e. The van der Waals surface area contributed by atoms with Crippen LogP contribution in [0.5, 0.6) is 0 Å². The number of sulfonamides is 1. The third kappa shape index (κ3) is 6.76. The minimum atomic E-state index is -4.03. The molecule has 2 aliphatic rings. The van der Waals surface area contributed by atoms with E-state index < -0.39 is 32.2 Å². The number of hydrogen-bond acceptors (Lipinski definition) is 12. The van der Waals surface area contributed by atoms with Gasteiger partial charge in [-0.05, 0) is 49.3 Å². The monoisotopic (exact) mass is 665 g/mol. The quantitative estimate of drug-likeness (QED) is 0.234. The van der Waals surface area contributed by atoms with E-state index in [0.29, 0.717) is 54.5 Å². The lowest BCUT2D eigenvalue weighted by Gasteiger charge is -2.32. The average molecular weight is 666 g/mol. The molecular weight excluding hydrogens is 635 g/mol. The van der Waals surface area contributed by atoms with Crippen LogP contribution < -0.4 is 15.5 Å². The molecule has 15 nitrogen and oxygen atoms in total. The molecule has 2 aromatic heterocycles. The van der Waals surface area contributed by atoms with E-state index >= 15 is 0 Å². The van der Waals surface area contributed by atoms with Crippen LogP contribution in [0.25, 0.3) is 17.5 Å². The van der Waals surface area contributed by atoms with Crippen LogP contribution in [-0.4, -0.2) is 94.5 Å². The van der Waals surface area contributed by atoms with Crippen LogP contribution in [0.1, 0.15) is 18.4 Å². The molecule has 3 N–H and O–H groups in total. The van der Waals surface area contributed by atoms with Gasteiger partial charge in [-0.25, -0.2) is 22.7 Å². The SMILES string of the molecule is CS(=O)(=O)N1CCC(Nc2ncc3c(n2)N(CC(=O)Nc2ccc(S(=O)(=O)n4cnc(-c5ccccc5)n4)cc2)C(O)C=C3)CC1. The van der Waals surface area contributed by atoms with E-state index in [1.165, 1.54) is 45.8 Å². The molecule has 2 aromatic carbocycles. The van der Waals surface area contributed by atoms with Gasteiger partial charge < -0.3 is 20.6 Å². The fourth-order valence-corrected chi connectivity index (χ4v) is 7.09. The summed E-state index contributed by atoms with van der Waals surface area (Å²) in [7, 11) is -7.28. The number of fused-ring (bicyclic) bond motifs is 1. The van der Waals surface area contributed by atoms with Crippen molar-refractivity contribution >= 4 is 49.5 Å². The molecule has 4 aromatic rings. The zero-order valence-corrected chi connectivity index (χ0v) is 26.3. The summed E-state index contributed by atoms with van der Waals surface area (Å²) in [5.74, 6) is 0.443. The fourth-order valence-electron chi connectivity index (χ4n) is 5.16. The highest BCUT2D eigenvalue weighted by molar-refractivity contribution is 7.89. The number of rotatable bonds is 9. The van der Waals surface area contributed by atoms with Gasteiger partial charge in [0.05, 0.1) is 11.2 Å². The number of aliphatic hydroxyl groups excluding tert-OH is 1. The van der Waals surface area contributed by atoms with Gasteiger partial charge in [0.2, 0.25) is 21.9 Å². The second-order valence-corrected chi connectivity index (χ2v) is 14.6. The smallest absolute Gasteiger partial charge is 0.284 e. The van der Waals surface area contributed by atoms with Crippen molar-refractivity contribution in [2.75, 3.05) is 41.4 Å². The van der Waals surface area contributed by atoms with Crippen molar-refractivity contribution in [3.05, 3.63) is 78.8 Å². The van der Waals surface area contributed by atoms with Crippen molar-refractivity contribution in [3.8, 4) is 11.4 Å². The van der Waals surface area contributed by atoms with Gasteiger partial charge in [-0.15, -0.1) is 9.19 Å². The number of nitrogens with zero attached hydrogens (tertiary/aromatic N) is 7. The Labute approximate surface area is 265 Å². The van der Waals surface area contributed by atoms with Gasteiger partial charge in [0.15, 0.2) is 5.82 Å². The first kappa shape index (κ1) is 31.3. The molecule has 1 atom stereocenters. The fraction of sp³-hybridized carbons (Fsp3) is 0.276. The maximum Gasteiger partial charge on any atom is 0.284 e.